The monoisotopic (exact) mass is 708 g/mol. The van der Waals surface area contributed by atoms with Crippen molar-refractivity contribution < 1.29 is 44.0 Å². The smallest absolute Gasteiger partial charge is 0.326 e. The Hall–Kier alpha value is -4.75. The summed E-state index contributed by atoms with van der Waals surface area (Å²) in [6, 6.07) is 11.0. The van der Waals surface area contributed by atoms with E-state index in [1.54, 1.807) is 55.5 Å². The highest BCUT2D eigenvalue weighted by molar-refractivity contribution is 5.95. The first-order valence-corrected chi connectivity index (χ1v) is 17.4. The Morgan fingerprint density at radius 1 is 0.980 bits per heavy atom. The quantitative estimate of drug-likeness (QED) is 0.145. The van der Waals surface area contributed by atoms with Gasteiger partial charge in [-0.1, -0.05) is 68.3 Å². The molecule has 1 fully saturated rings. The third kappa shape index (κ3) is 11.6. The number of nitrogens with one attached hydrogen (secondary N) is 2. The third-order valence-electron chi connectivity index (χ3n) is 9.13. The minimum atomic E-state index is -1.44. The lowest BCUT2D eigenvalue weighted by Gasteiger charge is -2.35. The molecule has 1 heterocycles. The van der Waals surface area contributed by atoms with E-state index in [1.807, 2.05) is 32.9 Å². The van der Waals surface area contributed by atoms with Crippen LogP contribution < -0.4 is 15.4 Å². The van der Waals surface area contributed by atoms with Crippen molar-refractivity contribution in [3.63, 3.8) is 0 Å². The van der Waals surface area contributed by atoms with Gasteiger partial charge in [-0.3, -0.25) is 19.2 Å². The van der Waals surface area contributed by atoms with Gasteiger partial charge in [-0.2, -0.15) is 0 Å². The van der Waals surface area contributed by atoms with Gasteiger partial charge in [0.2, 0.25) is 17.7 Å². The zero-order chi connectivity index (χ0) is 37.7. The number of carbonyl (C=O) groups is 5. The summed E-state index contributed by atoms with van der Waals surface area (Å²) in [5.74, 6) is -3.80. The van der Waals surface area contributed by atoms with Crippen LogP contribution in [0.5, 0.6) is 5.75 Å². The Kier molecular flexibility index (Phi) is 15.6. The molecule has 0 radical (unpaired) electrons. The van der Waals surface area contributed by atoms with E-state index >= 15 is 0 Å². The van der Waals surface area contributed by atoms with Crippen LogP contribution in [0.1, 0.15) is 58.1 Å². The number of ether oxygens (including phenoxy) is 1. The van der Waals surface area contributed by atoms with E-state index < -0.39 is 72.4 Å². The molecule has 0 bridgehead atoms. The fourth-order valence-corrected chi connectivity index (χ4v) is 6.01. The molecular weight excluding hydrogens is 656 g/mol. The molecule has 0 aliphatic carbocycles. The average Bonchev–Trinajstić information content (AvgIpc) is 3.60. The van der Waals surface area contributed by atoms with E-state index in [0.717, 1.165) is 16.0 Å². The SMILES string of the molecule is CC[C@H](C)[C@@H](C(=O)N[C@@H](Cc1ccc(OCC=C(C)C)cc1)C(=O)O)N(C)C(=O)[C@H](CO)NC(=O)[C@@H]1CCCN1C(=O)[C@H](O)Cc1ccccc1. The Morgan fingerprint density at radius 3 is 2.22 bits per heavy atom. The number of carboxylic acid groups (broad SMARTS) is 1. The van der Waals surface area contributed by atoms with Gasteiger partial charge < -0.3 is 40.5 Å². The van der Waals surface area contributed by atoms with Gasteiger partial charge in [-0.05, 0) is 61.9 Å². The van der Waals surface area contributed by atoms with E-state index in [1.165, 1.54) is 11.9 Å². The van der Waals surface area contributed by atoms with Crippen LogP contribution in [0, 0.1) is 5.92 Å². The number of hydrogen-bond donors (Lipinski definition) is 5. The van der Waals surface area contributed by atoms with Crippen molar-refractivity contribution >= 4 is 29.6 Å². The van der Waals surface area contributed by atoms with Crippen LogP contribution in [0.3, 0.4) is 0 Å². The van der Waals surface area contributed by atoms with Crippen molar-refractivity contribution in [1.29, 1.82) is 0 Å². The Bertz CT molecular complexity index is 1510. The second-order valence-corrected chi connectivity index (χ2v) is 13.3. The number of aliphatic hydroxyl groups is 2. The summed E-state index contributed by atoms with van der Waals surface area (Å²) in [4.78, 5) is 68.5. The van der Waals surface area contributed by atoms with Gasteiger partial charge in [-0.15, -0.1) is 0 Å². The van der Waals surface area contributed by atoms with Crippen molar-refractivity contribution in [3.8, 4) is 5.75 Å². The van der Waals surface area contributed by atoms with E-state index in [0.29, 0.717) is 37.2 Å². The number of aliphatic hydroxyl groups excluding tert-OH is 2. The third-order valence-corrected chi connectivity index (χ3v) is 9.13. The maximum atomic E-state index is 13.7. The summed E-state index contributed by atoms with van der Waals surface area (Å²) < 4.78 is 5.66. The van der Waals surface area contributed by atoms with Crippen molar-refractivity contribution in [1.82, 2.24) is 20.4 Å². The maximum absolute atomic E-state index is 13.7. The van der Waals surface area contributed by atoms with Gasteiger partial charge >= 0.3 is 5.97 Å². The number of benzene rings is 2. The van der Waals surface area contributed by atoms with Gasteiger partial charge in [0, 0.05) is 26.4 Å². The van der Waals surface area contributed by atoms with Gasteiger partial charge in [0.05, 0.1) is 6.61 Å². The number of likely N-dealkylation sites (tertiary alicyclic amines) is 1. The number of carboxylic acids is 1. The molecule has 2 aromatic rings. The molecule has 13 nitrogen and oxygen atoms in total. The number of aliphatic carboxylic acids is 1. The van der Waals surface area contributed by atoms with Crippen molar-refractivity contribution in [2.45, 2.75) is 90.1 Å². The Morgan fingerprint density at radius 2 is 1.63 bits per heavy atom. The van der Waals surface area contributed by atoms with Gasteiger partial charge in [0.25, 0.3) is 5.91 Å². The van der Waals surface area contributed by atoms with Crippen molar-refractivity contribution in [2.75, 3.05) is 26.8 Å². The lowest BCUT2D eigenvalue weighted by atomic mass is 9.95. The summed E-state index contributed by atoms with van der Waals surface area (Å²) in [7, 11) is 1.36. The summed E-state index contributed by atoms with van der Waals surface area (Å²) in [6.45, 7) is 7.35. The largest absolute Gasteiger partial charge is 0.490 e. The summed E-state index contributed by atoms with van der Waals surface area (Å²) in [5, 5.41) is 35.9. The number of amides is 4. The lowest BCUT2D eigenvalue weighted by molar-refractivity contribution is -0.148. The summed E-state index contributed by atoms with van der Waals surface area (Å²) in [5.41, 5.74) is 2.53. The van der Waals surface area contributed by atoms with Gasteiger partial charge in [-0.25, -0.2) is 4.79 Å². The summed E-state index contributed by atoms with van der Waals surface area (Å²) in [6.07, 6.45) is 1.90. The molecule has 0 unspecified atom stereocenters. The zero-order valence-corrected chi connectivity index (χ0v) is 30.1. The molecule has 278 valence electrons. The second-order valence-electron chi connectivity index (χ2n) is 13.3. The number of likely N-dealkylation sites (N-methyl/N-ethyl adjacent to an activating group) is 1. The van der Waals surface area contributed by atoms with Crippen LogP contribution in [0.4, 0.5) is 0 Å². The number of carbonyl (C=O) groups excluding carboxylic acids is 4. The van der Waals surface area contributed by atoms with Crippen LogP contribution in [0.2, 0.25) is 0 Å². The molecule has 0 spiro atoms. The fraction of sp³-hybridized carbons (Fsp3) is 0.500. The standard InChI is InChI=1S/C38H52N4O9/c1-6-25(4)33(35(46)39-29(38(49)50)21-27-14-16-28(17-15-27)51-20-18-24(2)3)41(5)36(47)30(23-43)40-34(45)31-13-10-19-42(31)37(48)32(44)22-26-11-8-7-9-12-26/h7-9,11-12,14-18,25,29-33,43-44H,6,10,13,19-23H2,1-5H3,(H,39,46)(H,40,45)(H,49,50)/t25-,29-,30-,31-,32+,33-/m0/s1. The Labute approximate surface area is 299 Å². The lowest BCUT2D eigenvalue weighted by Crippen LogP contribution is -2.60. The van der Waals surface area contributed by atoms with E-state index in [-0.39, 0.29) is 19.4 Å². The minimum absolute atomic E-state index is 0.0216. The normalized spacial score (nSPS) is 16.9. The van der Waals surface area contributed by atoms with Crippen LogP contribution >= 0.6 is 0 Å². The van der Waals surface area contributed by atoms with Gasteiger partial charge in [0.15, 0.2) is 0 Å². The molecular formula is C38H52N4O9. The predicted octanol–water partition coefficient (Wildman–Crippen LogP) is 2.09. The number of rotatable bonds is 18. The van der Waals surface area contributed by atoms with Crippen LogP contribution in [0.15, 0.2) is 66.2 Å². The molecule has 1 aliphatic rings. The number of nitrogens with zero attached hydrogens (tertiary/aromatic N) is 2. The van der Waals surface area contributed by atoms with Crippen LogP contribution in [-0.2, 0) is 36.8 Å². The second kappa shape index (κ2) is 19.6. The molecule has 6 atom stereocenters. The van der Waals surface area contributed by atoms with Crippen molar-refractivity contribution in [3.05, 3.63) is 77.4 Å². The first kappa shape index (κ1) is 40.7. The molecule has 3 rings (SSSR count). The number of hydrogen-bond acceptors (Lipinski definition) is 8. The molecule has 1 aliphatic heterocycles. The van der Waals surface area contributed by atoms with Crippen molar-refractivity contribution in [2.24, 2.45) is 5.92 Å². The van der Waals surface area contributed by atoms with Crippen LogP contribution in [0.25, 0.3) is 0 Å². The highest BCUT2D eigenvalue weighted by Gasteiger charge is 2.40. The summed E-state index contributed by atoms with van der Waals surface area (Å²) >= 11 is 0. The highest BCUT2D eigenvalue weighted by Crippen LogP contribution is 2.21. The zero-order valence-electron chi connectivity index (χ0n) is 30.1. The molecule has 0 saturated carbocycles. The number of allylic oxidation sites excluding steroid dienone is 1. The fourth-order valence-electron chi connectivity index (χ4n) is 6.01. The molecule has 5 N–H and O–H groups in total. The molecule has 0 aromatic heterocycles. The first-order valence-electron chi connectivity index (χ1n) is 17.4. The van der Waals surface area contributed by atoms with Crippen LogP contribution in [-0.4, -0.2) is 112 Å². The topological polar surface area (TPSA) is 186 Å². The van der Waals surface area contributed by atoms with E-state index in [9.17, 15) is 39.3 Å². The average molecular weight is 709 g/mol. The Balaban J connectivity index is 1.67. The molecule has 2 aromatic carbocycles. The molecule has 51 heavy (non-hydrogen) atoms. The predicted molar refractivity (Wildman–Crippen MR) is 191 cm³/mol. The molecule has 4 amide bonds. The van der Waals surface area contributed by atoms with E-state index in [4.69, 9.17) is 4.74 Å². The van der Waals surface area contributed by atoms with Gasteiger partial charge in [0.1, 0.15) is 42.6 Å². The molecule has 1 saturated heterocycles. The highest BCUT2D eigenvalue weighted by atomic mass is 16.5. The molecule has 13 heteroatoms. The maximum Gasteiger partial charge on any atom is 0.326 e. The van der Waals surface area contributed by atoms with E-state index in [2.05, 4.69) is 10.6 Å². The minimum Gasteiger partial charge on any atom is -0.490 e. The first-order chi connectivity index (χ1) is 24.3.